The van der Waals surface area contributed by atoms with Crippen LogP contribution < -0.4 is 19.1 Å². The number of aliphatic carboxylic acids is 1. The number of benzene rings is 3. The normalized spacial score (nSPS) is 14.7. The van der Waals surface area contributed by atoms with Crippen molar-refractivity contribution in [3.05, 3.63) is 83.6 Å². The molecule has 1 atom stereocenters. The van der Waals surface area contributed by atoms with Crippen molar-refractivity contribution in [2.24, 2.45) is 0 Å². The Kier molecular flexibility index (Phi) is 6.48. The van der Waals surface area contributed by atoms with E-state index in [0.29, 0.717) is 35.5 Å². The topological polar surface area (TPSA) is 90.2 Å². The Bertz CT molecular complexity index is 1470. The fraction of sp³-hybridized carbons (Fsp3) is 0.241. The zero-order valence-electron chi connectivity index (χ0n) is 20.9. The van der Waals surface area contributed by atoms with Crippen LogP contribution in [0.1, 0.15) is 21.6 Å². The maximum Gasteiger partial charge on any atom is 0.307 e. The second kappa shape index (κ2) is 9.89. The molecule has 0 amide bonds. The Morgan fingerprint density at radius 3 is 2.57 bits per heavy atom. The lowest BCUT2D eigenvalue weighted by Crippen LogP contribution is -2.41. The monoisotopic (exact) mass is 500 g/mol. The van der Waals surface area contributed by atoms with Gasteiger partial charge in [0.1, 0.15) is 35.6 Å². The van der Waals surface area contributed by atoms with Crippen LogP contribution in [0.5, 0.6) is 17.2 Å². The molecule has 8 heteroatoms. The van der Waals surface area contributed by atoms with Gasteiger partial charge in [0.25, 0.3) is 5.91 Å². The van der Waals surface area contributed by atoms with Gasteiger partial charge in [-0.3, -0.25) is 14.2 Å². The van der Waals surface area contributed by atoms with Gasteiger partial charge in [-0.15, -0.1) is 0 Å². The maximum absolute atomic E-state index is 13.4. The van der Waals surface area contributed by atoms with Crippen molar-refractivity contribution in [1.82, 2.24) is 4.57 Å². The summed E-state index contributed by atoms with van der Waals surface area (Å²) >= 11 is 0. The fourth-order valence-electron chi connectivity index (χ4n) is 4.86. The van der Waals surface area contributed by atoms with Gasteiger partial charge in [0.05, 0.1) is 25.6 Å². The fourth-order valence-corrected chi connectivity index (χ4v) is 4.86. The predicted octanol–water partition coefficient (Wildman–Crippen LogP) is 4.55. The van der Waals surface area contributed by atoms with Crippen LogP contribution in [0, 0.1) is 6.92 Å². The molecule has 0 spiro atoms. The molecule has 4 aromatic rings. The van der Waals surface area contributed by atoms with Crippen molar-refractivity contribution in [1.29, 1.82) is 0 Å². The molecule has 8 nitrogen and oxygen atoms in total. The number of rotatable bonds is 7. The highest BCUT2D eigenvalue weighted by Crippen LogP contribution is 2.40. The minimum atomic E-state index is -0.908. The molecule has 1 N–H and O–H groups in total. The summed E-state index contributed by atoms with van der Waals surface area (Å²) in [6, 6.07) is 20.0. The van der Waals surface area contributed by atoms with Crippen molar-refractivity contribution in [3.8, 4) is 17.2 Å². The lowest BCUT2D eigenvalue weighted by atomic mass is 10.1. The molecule has 0 radical (unpaired) electrons. The highest BCUT2D eigenvalue weighted by Gasteiger charge is 2.27. The number of likely N-dealkylation sites (N-methyl/N-ethyl adjacent to an activating group) is 1. The van der Waals surface area contributed by atoms with E-state index in [1.807, 2.05) is 44.3 Å². The number of nitrogens with zero attached hydrogens (tertiary/aromatic N) is 2. The molecule has 5 rings (SSSR count). The second-order valence-electron chi connectivity index (χ2n) is 9.11. The van der Waals surface area contributed by atoms with Gasteiger partial charge in [0, 0.05) is 23.7 Å². The van der Waals surface area contributed by atoms with Crippen LogP contribution in [0.2, 0.25) is 0 Å². The summed E-state index contributed by atoms with van der Waals surface area (Å²) in [6.07, 6.45) is -0.263. The average molecular weight is 501 g/mol. The van der Waals surface area contributed by atoms with Crippen molar-refractivity contribution >= 4 is 28.5 Å². The lowest BCUT2D eigenvalue weighted by molar-refractivity contribution is -0.136. The molecule has 190 valence electrons. The van der Waals surface area contributed by atoms with E-state index in [-0.39, 0.29) is 18.4 Å². The molecule has 0 aliphatic carbocycles. The summed E-state index contributed by atoms with van der Waals surface area (Å²) < 4.78 is 19.2. The number of ether oxygens (including phenoxy) is 3. The van der Waals surface area contributed by atoms with Crippen LogP contribution in [0.4, 0.5) is 5.69 Å². The number of anilines is 1. The molecule has 37 heavy (non-hydrogen) atoms. The first-order valence-corrected chi connectivity index (χ1v) is 12.0. The van der Waals surface area contributed by atoms with E-state index in [0.717, 1.165) is 28.3 Å². The van der Waals surface area contributed by atoms with Crippen molar-refractivity contribution in [2.75, 3.05) is 32.2 Å². The number of aromatic nitrogens is 1. The van der Waals surface area contributed by atoms with Crippen molar-refractivity contribution in [3.63, 3.8) is 0 Å². The molecule has 1 aliphatic heterocycles. The van der Waals surface area contributed by atoms with Gasteiger partial charge in [0.15, 0.2) is 0 Å². The number of hydrogen-bond donors (Lipinski definition) is 1. The molecule has 0 saturated carbocycles. The van der Waals surface area contributed by atoms with Gasteiger partial charge in [-0.1, -0.05) is 18.2 Å². The Labute approximate surface area is 214 Å². The molecule has 1 aromatic heterocycles. The number of methoxy groups -OCH3 is 1. The standard InChI is InChI=1S/C29H28N2O6/c1-18-14-23-20(15-27(32)33)6-4-7-24(23)31(18)29(34)19-10-12-21(13-11-19)36-17-22-16-30(2)28-25(35-3)8-5-9-26(28)37-22/h4-14,22H,15-17H2,1-3H3,(H,32,33). The lowest BCUT2D eigenvalue weighted by Gasteiger charge is -2.34. The first-order valence-electron chi connectivity index (χ1n) is 12.0. The van der Waals surface area contributed by atoms with Gasteiger partial charge < -0.3 is 24.2 Å². The van der Waals surface area contributed by atoms with E-state index in [9.17, 15) is 14.7 Å². The second-order valence-corrected chi connectivity index (χ2v) is 9.11. The van der Waals surface area contributed by atoms with Crippen LogP contribution in [-0.2, 0) is 11.2 Å². The molecular weight excluding hydrogens is 472 g/mol. The number of carbonyl (C=O) groups is 2. The minimum Gasteiger partial charge on any atom is -0.494 e. The summed E-state index contributed by atoms with van der Waals surface area (Å²) in [5.41, 5.74) is 3.55. The number of para-hydroxylation sites is 1. The Morgan fingerprint density at radius 1 is 1.08 bits per heavy atom. The third-order valence-electron chi connectivity index (χ3n) is 6.54. The quantitative estimate of drug-likeness (QED) is 0.398. The van der Waals surface area contributed by atoms with Crippen LogP contribution in [-0.4, -0.2) is 55.0 Å². The average Bonchev–Trinajstić information content (AvgIpc) is 3.23. The van der Waals surface area contributed by atoms with Crippen molar-refractivity contribution in [2.45, 2.75) is 19.4 Å². The Morgan fingerprint density at radius 2 is 1.84 bits per heavy atom. The minimum absolute atomic E-state index is 0.0966. The van der Waals surface area contributed by atoms with E-state index < -0.39 is 5.97 Å². The maximum atomic E-state index is 13.4. The zero-order chi connectivity index (χ0) is 26.1. The van der Waals surface area contributed by atoms with E-state index in [1.54, 1.807) is 48.1 Å². The highest BCUT2D eigenvalue weighted by molar-refractivity contribution is 6.04. The van der Waals surface area contributed by atoms with Gasteiger partial charge in [0.2, 0.25) is 0 Å². The molecule has 0 bridgehead atoms. The van der Waals surface area contributed by atoms with Crippen LogP contribution in [0.25, 0.3) is 10.9 Å². The summed E-state index contributed by atoms with van der Waals surface area (Å²) in [4.78, 5) is 26.7. The van der Waals surface area contributed by atoms with Crippen LogP contribution in [0.3, 0.4) is 0 Å². The van der Waals surface area contributed by atoms with E-state index in [4.69, 9.17) is 14.2 Å². The van der Waals surface area contributed by atoms with E-state index in [2.05, 4.69) is 4.90 Å². The summed E-state index contributed by atoms with van der Waals surface area (Å²) in [5.74, 6) is 1.06. The van der Waals surface area contributed by atoms with Crippen molar-refractivity contribution < 1.29 is 28.9 Å². The highest BCUT2D eigenvalue weighted by atomic mass is 16.5. The van der Waals surface area contributed by atoms with Gasteiger partial charge in [-0.05, 0) is 61.0 Å². The summed E-state index contributed by atoms with van der Waals surface area (Å²) in [6.45, 7) is 2.84. The molecule has 2 heterocycles. The number of hydrogen-bond acceptors (Lipinski definition) is 6. The van der Waals surface area contributed by atoms with Crippen LogP contribution in [0.15, 0.2) is 66.7 Å². The summed E-state index contributed by atoms with van der Waals surface area (Å²) in [5, 5.41) is 9.99. The molecule has 1 unspecified atom stereocenters. The number of carboxylic acids is 1. The van der Waals surface area contributed by atoms with E-state index in [1.165, 1.54) is 0 Å². The third-order valence-corrected chi connectivity index (χ3v) is 6.54. The Hall–Kier alpha value is -4.46. The first-order chi connectivity index (χ1) is 17.9. The number of carbonyl (C=O) groups excluding carboxylic acids is 1. The van der Waals surface area contributed by atoms with Gasteiger partial charge in [-0.25, -0.2) is 0 Å². The Balaban J connectivity index is 1.29. The molecule has 3 aromatic carbocycles. The molecule has 0 saturated heterocycles. The zero-order valence-corrected chi connectivity index (χ0v) is 20.9. The SMILES string of the molecule is COc1cccc2c1N(C)CC(COc1ccc(C(=O)n3c(C)cc4c(CC(=O)O)cccc43)cc1)O2. The largest absolute Gasteiger partial charge is 0.494 e. The number of fused-ring (bicyclic) bond motifs is 2. The van der Waals surface area contributed by atoms with Crippen LogP contribution >= 0.6 is 0 Å². The number of aryl methyl sites for hydroxylation is 1. The molecule has 0 fully saturated rings. The molecular formula is C29H28N2O6. The first kappa shape index (κ1) is 24.2. The predicted molar refractivity (Wildman–Crippen MR) is 140 cm³/mol. The molecule has 1 aliphatic rings. The van der Waals surface area contributed by atoms with Gasteiger partial charge >= 0.3 is 5.97 Å². The number of carboxylic acid groups (broad SMARTS) is 1. The smallest absolute Gasteiger partial charge is 0.307 e. The third kappa shape index (κ3) is 4.70. The van der Waals surface area contributed by atoms with E-state index >= 15 is 0 Å². The van der Waals surface area contributed by atoms with Gasteiger partial charge in [-0.2, -0.15) is 0 Å². The summed E-state index contributed by atoms with van der Waals surface area (Å²) in [7, 11) is 3.64.